The molecule has 6 aliphatic rings. The van der Waals surface area contributed by atoms with Gasteiger partial charge in [-0.2, -0.15) is 17.6 Å². The standard InChI is InChI=1S/C42H64N6O3S/c1-37(2)16-18-42(36(49)43-20-23-47-21-10-9-11-22-47)19-17-40(6)30(31(42)25-37)12-13-33-39(5)24-29-26-48(52(50,51)34-27-46(8)28-44-34)45-35(29)38(3,4)32(39)14-15-41(33,40)7/h12,26-28,31-33H,9-11,13-25H2,1-8H3,(H,43,49)/t31-,32-,33+,39-,40+,41+,42-/m0/s1. The third-order valence-electron chi connectivity index (χ3n) is 16.5. The van der Waals surface area contributed by atoms with Crippen molar-refractivity contribution in [2.24, 2.45) is 51.9 Å². The normalized spacial score (nSPS) is 38.2. The highest BCUT2D eigenvalue weighted by molar-refractivity contribution is 7.89. The van der Waals surface area contributed by atoms with Gasteiger partial charge in [0.1, 0.15) is 0 Å². The number of carbonyl (C=O) groups excluding carboxylic acids is 1. The molecule has 0 spiro atoms. The Morgan fingerprint density at radius 1 is 0.942 bits per heavy atom. The van der Waals surface area contributed by atoms with Crippen LogP contribution in [0.1, 0.15) is 130 Å². The lowest BCUT2D eigenvalue weighted by molar-refractivity contribution is -0.167. The zero-order chi connectivity index (χ0) is 37.1. The minimum Gasteiger partial charge on any atom is -0.354 e. The highest BCUT2D eigenvalue weighted by atomic mass is 32.2. The summed E-state index contributed by atoms with van der Waals surface area (Å²) in [7, 11) is -2.11. The number of carbonyl (C=O) groups is 1. The maximum atomic E-state index is 14.5. The first-order chi connectivity index (χ1) is 24.4. The molecule has 7 atom stereocenters. The van der Waals surface area contributed by atoms with Crippen LogP contribution in [0.4, 0.5) is 0 Å². The maximum Gasteiger partial charge on any atom is 0.301 e. The monoisotopic (exact) mass is 732 g/mol. The highest BCUT2D eigenvalue weighted by Crippen LogP contribution is 2.75. The number of likely N-dealkylation sites (tertiary alicyclic amines) is 1. The maximum absolute atomic E-state index is 14.5. The number of piperidine rings is 1. The molecule has 1 N–H and O–H groups in total. The lowest BCUT2D eigenvalue weighted by Crippen LogP contribution is -2.65. The molecule has 10 heteroatoms. The van der Waals surface area contributed by atoms with Crippen LogP contribution in [0.2, 0.25) is 0 Å². The van der Waals surface area contributed by atoms with Crippen LogP contribution in [0.3, 0.4) is 0 Å². The van der Waals surface area contributed by atoms with Crippen molar-refractivity contribution in [3.05, 3.63) is 41.6 Å². The second kappa shape index (κ2) is 12.0. The minimum absolute atomic E-state index is 0.0104. The van der Waals surface area contributed by atoms with E-state index in [-0.39, 0.29) is 43.4 Å². The summed E-state index contributed by atoms with van der Waals surface area (Å²) in [4.78, 5) is 21.2. The summed E-state index contributed by atoms with van der Waals surface area (Å²) < 4.78 is 30.3. The first kappa shape index (κ1) is 36.5. The van der Waals surface area contributed by atoms with Gasteiger partial charge in [0.25, 0.3) is 0 Å². The number of rotatable bonds is 6. The van der Waals surface area contributed by atoms with E-state index in [1.165, 1.54) is 29.7 Å². The molecule has 3 saturated carbocycles. The summed E-state index contributed by atoms with van der Waals surface area (Å²) >= 11 is 0. The van der Waals surface area contributed by atoms with E-state index in [1.54, 1.807) is 29.6 Å². The van der Waals surface area contributed by atoms with Gasteiger partial charge in [-0.3, -0.25) is 4.79 Å². The zero-order valence-corrected chi connectivity index (χ0v) is 34.0. The molecule has 3 heterocycles. The first-order valence-electron chi connectivity index (χ1n) is 20.4. The van der Waals surface area contributed by atoms with Gasteiger partial charge in [-0.1, -0.05) is 66.5 Å². The van der Waals surface area contributed by atoms with E-state index in [2.05, 4.69) is 69.7 Å². The quantitative estimate of drug-likeness (QED) is 0.314. The van der Waals surface area contributed by atoms with Gasteiger partial charge >= 0.3 is 10.0 Å². The van der Waals surface area contributed by atoms with Gasteiger partial charge in [0.15, 0.2) is 5.03 Å². The van der Waals surface area contributed by atoms with E-state index in [0.29, 0.717) is 17.7 Å². The van der Waals surface area contributed by atoms with Gasteiger partial charge in [-0.25, -0.2) is 4.98 Å². The smallest absolute Gasteiger partial charge is 0.301 e. The van der Waals surface area contributed by atoms with Gasteiger partial charge < -0.3 is 14.8 Å². The molecule has 8 rings (SSSR count). The van der Waals surface area contributed by atoms with Crippen molar-refractivity contribution in [1.29, 1.82) is 0 Å². The van der Waals surface area contributed by atoms with Crippen molar-refractivity contribution in [3.63, 3.8) is 0 Å². The second-order valence-corrected chi connectivity index (χ2v) is 21.9. The fourth-order valence-corrected chi connectivity index (χ4v) is 14.6. The van der Waals surface area contributed by atoms with Gasteiger partial charge in [0.2, 0.25) is 5.91 Å². The number of nitrogens with one attached hydrogen (secondary N) is 1. The predicted molar refractivity (Wildman–Crippen MR) is 204 cm³/mol. The van der Waals surface area contributed by atoms with Crippen LogP contribution < -0.4 is 5.32 Å². The van der Waals surface area contributed by atoms with Crippen LogP contribution in [0.25, 0.3) is 0 Å². The van der Waals surface area contributed by atoms with Crippen molar-refractivity contribution in [2.45, 2.75) is 136 Å². The Labute approximate surface area is 312 Å². The molecule has 2 aromatic rings. The molecule has 0 radical (unpaired) electrons. The van der Waals surface area contributed by atoms with E-state index >= 15 is 0 Å². The molecular formula is C42H64N6O3S. The Morgan fingerprint density at radius 2 is 1.67 bits per heavy atom. The number of aryl methyl sites for hydroxylation is 1. The molecule has 1 amide bonds. The third-order valence-corrected chi connectivity index (χ3v) is 17.9. The molecule has 4 fully saturated rings. The second-order valence-electron chi connectivity index (χ2n) is 20.2. The number of imidazole rings is 1. The van der Waals surface area contributed by atoms with Crippen molar-refractivity contribution in [3.8, 4) is 0 Å². The Kier molecular flexibility index (Phi) is 8.44. The van der Waals surface area contributed by atoms with Gasteiger partial charge in [0.05, 0.1) is 17.4 Å². The highest BCUT2D eigenvalue weighted by Gasteiger charge is 2.69. The van der Waals surface area contributed by atoms with Crippen molar-refractivity contribution >= 4 is 15.9 Å². The molecule has 286 valence electrons. The predicted octanol–water partition coefficient (Wildman–Crippen LogP) is 7.27. The minimum atomic E-state index is -3.89. The summed E-state index contributed by atoms with van der Waals surface area (Å²) in [5, 5.41) is 8.38. The zero-order valence-electron chi connectivity index (χ0n) is 33.2. The molecular weight excluding hydrogens is 669 g/mol. The van der Waals surface area contributed by atoms with E-state index in [0.717, 1.165) is 95.2 Å². The topological polar surface area (TPSA) is 102 Å². The first-order valence-corrected chi connectivity index (χ1v) is 21.9. The van der Waals surface area contributed by atoms with E-state index in [9.17, 15) is 13.2 Å². The molecule has 52 heavy (non-hydrogen) atoms. The third kappa shape index (κ3) is 5.21. The Bertz CT molecular complexity index is 1880. The number of hydrogen-bond donors (Lipinski definition) is 1. The lowest BCUT2D eigenvalue weighted by atomic mass is 9.33. The fourth-order valence-electron chi connectivity index (χ4n) is 13.5. The molecule has 5 aliphatic carbocycles. The van der Waals surface area contributed by atoms with Gasteiger partial charge in [-0.15, -0.1) is 0 Å². The summed E-state index contributed by atoms with van der Waals surface area (Å²) in [6.45, 7) is 21.2. The van der Waals surface area contributed by atoms with E-state index < -0.39 is 10.0 Å². The molecule has 9 nitrogen and oxygen atoms in total. The molecule has 1 saturated heterocycles. The molecule has 0 unspecified atom stereocenters. The number of fused-ring (bicyclic) bond motifs is 8. The van der Waals surface area contributed by atoms with Crippen molar-refractivity contribution < 1.29 is 13.2 Å². The van der Waals surface area contributed by atoms with Crippen LogP contribution in [0.15, 0.2) is 35.4 Å². The van der Waals surface area contributed by atoms with Crippen LogP contribution in [0, 0.1) is 44.8 Å². The summed E-state index contributed by atoms with van der Waals surface area (Å²) in [5.74, 6) is 1.41. The average molecular weight is 733 g/mol. The lowest BCUT2D eigenvalue weighted by Gasteiger charge is -2.70. The largest absolute Gasteiger partial charge is 0.354 e. The summed E-state index contributed by atoms with van der Waals surface area (Å²) in [5.41, 5.74) is 3.25. The van der Waals surface area contributed by atoms with Crippen LogP contribution in [-0.4, -0.2) is 64.1 Å². The van der Waals surface area contributed by atoms with Gasteiger partial charge in [0, 0.05) is 37.9 Å². The average Bonchev–Trinajstić information content (AvgIpc) is 3.73. The van der Waals surface area contributed by atoms with Crippen molar-refractivity contribution in [1.82, 2.24) is 29.0 Å². The van der Waals surface area contributed by atoms with Crippen LogP contribution >= 0.6 is 0 Å². The molecule has 0 bridgehead atoms. The summed E-state index contributed by atoms with van der Waals surface area (Å²) in [6, 6.07) is 0. The molecule has 2 aromatic heterocycles. The Hall–Kier alpha value is -2.46. The summed E-state index contributed by atoms with van der Waals surface area (Å²) in [6.07, 6.45) is 20.6. The SMILES string of the molecule is Cn1cnc(S(=O)(=O)n2cc3c(n2)C(C)(C)[C@@H]2CC[C@]4(C)[C@H](CC=C5[C@@H]6CC(C)(C)CC[C@]6(C(=O)NCCN6CCCCC6)CC[C@]54C)[C@@]2(C)C3)c1. The number of hydrogen-bond acceptors (Lipinski definition) is 6. The number of amides is 1. The van der Waals surface area contributed by atoms with E-state index in [1.807, 2.05) is 0 Å². The van der Waals surface area contributed by atoms with Gasteiger partial charge in [-0.05, 0) is 129 Å². The van der Waals surface area contributed by atoms with Crippen LogP contribution in [0.5, 0.6) is 0 Å². The van der Waals surface area contributed by atoms with E-state index in [4.69, 9.17) is 5.10 Å². The molecule has 1 aliphatic heterocycles. The number of nitrogens with zero attached hydrogens (tertiary/aromatic N) is 5. The number of allylic oxidation sites excluding steroid dienone is 2. The van der Waals surface area contributed by atoms with Crippen LogP contribution in [-0.2, 0) is 33.7 Å². The Balaban J connectivity index is 1.12. The number of aromatic nitrogens is 4. The van der Waals surface area contributed by atoms with Crippen molar-refractivity contribution in [2.75, 3.05) is 26.2 Å². The molecule has 0 aromatic carbocycles. The Morgan fingerprint density at radius 3 is 2.38 bits per heavy atom. The fraction of sp³-hybridized carbons (Fsp3) is 0.786.